The van der Waals surface area contributed by atoms with E-state index in [0.29, 0.717) is 12.2 Å². The standard InChI is InChI=1S/C14H20O4/c1-7-8(2)12-10(9(3)11(7)15)5-6-14(4,18-12)13(16)17/h10,12,15H,5-6H2,1-4H3,(H,16,17). The van der Waals surface area contributed by atoms with Crippen molar-refractivity contribution in [2.75, 3.05) is 0 Å². The van der Waals surface area contributed by atoms with Crippen molar-refractivity contribution in [3.05, 3.63) is 22.5 Å². The van der Waals surface area contributed by atoms with Gasteiger partial charge in [0, 0.05) is 5.92 Å². The minimum atomic E-state index is -1.12. The normalized spacial score (nSPS) is 36.7. The van der Waals surface area contributed by atoms with Crippen LogP contribution in [-0.4, -0.2) is 27.9 Å². The van der Waals surface area contributed by atoms with Crippen LogP contribution in [0.4, 0.5) is 0 Å². The third-order valence-corrected chi connectivity index (χ3v) is 4.44. The predicted molar refractivity (Wildman–Crippen MR) is 67.3 cm³/mol. The van der Waals surface area contributed by atoms with Gasteiger partial charge in [-0.1, -0.05) is 0 Å². The fourth-order valence-corrected chi connectivity index (χ4v) is 2.87. The van der Waals surface area contributed by atoms with E-state index in [-0.39, 0.29) is 12.0 Å². The van der Waals surface area contributed by atoms with Crippen molar-refractivity contribution in [2.45, 2.75) is 52.2 Å². The van der Waals surface area contributed by atoms with Gasteiger partial charge in [0.15, 0.2) is 5.60 Å². The van der Waals surface area contributed by atoms with Gasteiger partial charge in [-0.25, -0.2) is 4.79 Å². The van der Waals surface area contributed by atoms with E-state index in [4.69, 9.17) is 4.74 Å². The lowest BCUT2D eigenvalue weighted by atomic mass is 9.75. The van der Waals surface area contributed by atoms with Crippen molar-refractivity contribution < 1.29 is 19.7 Å². The molecule has 3 atom stereocenters. The molecule has 4 nitrogen and oxygen atoms in total. The molecular formula is C14H20O4. The summed E-state index contributed by atoms with van der Waals surface area (Å²) in [7, 11) is 0. The number of aliphatic hydroxyl groups is 1. The van der Waals surface area contributed by atoms with Crippen LogP contribution in [0.5, 0.6) is 0 Å². The Balaban J connectivity index is 2.38. The van der Waals surface area contributed by atoms with Crippen molar-refractivity contribution in [3.63, 3.8) is 0 Å². The molecule has 1 aliphatic carbocycles. The van der Waals surface area contributed by atoms with Gasteiger partial charge >= 0.3 is 5.97 Å². The summed E-state index contributed by atoms with van der Waals surface area (Å²) in [6.07, 6.45) is 0.977. The van der Waals surface area contributed by atoms with Crippen LogP contribution in [0.2, 0.25) is 0 Å². The van der Waals surface area contributed by atoms with E-state index < -0.39 is 11.6 Å². The number of carbonyl (C=O) groups is 1. The van der Waals surface area contributed by atoms with Crippen molar-refractivity contribution in [3.8, 4) is 0 Å². The second-order valence-corrected chi connectivity index (χ2v) is 5.56. The number of aliphatic carboxylic acids is 1. The predicted octanol–water partition coefficient (Wildman–Crippen LogP) is 2.81. The first-order valence-electron chi connectivity index (χ1n) is 6.26. The van der Waals surface area contributed by atoms with Crippen LogP contribution in [0, 0.1) is 5.92 Å². The van der Waals surface area contributed by atoms with E-state index in [1.54, 1.807) is 6.92 Å². The van der Waals surface area contributed by atoms with Gasteiger partial charge in [-0.15, -0.1) is 0 Å². The van der Waals surface area contributed by atoms with E-state index >= 15 is 0 Å². The number of fused-ring (bicyclic) bond motifs is 1. The van der Waals surface area contributed by atoms with Crippen molar-refractivity contribution in [1.29, 1.82) is 0 Å². The number of allylic oxidation sites excluding steroid dienone is 1. The van der Waals surface area contributed by atoms with Gasteiger partial charge in [0.2, 0.25) is 0 Å². The average Bonchev–Trinajstić information content (AvgIpc) is 2.33. The molecule has 2 rings (SSSR count). The fourth-order valence-electron chi connectivity index (χ4n) is 2.87. The fraction of sp³-hybridized carbons (Fsp3) is 0.643. The molecule has 3 unspecified atom stereocenters. The highest BCUT2D eigenvalue weighted by atomic mass is 16.5. The molecular weight excluding hydrogens is 232 g/mol. The summed E-state index contributed by atoms with van der Waals surface area (Å²) in [5.74, 6) is -0.472. The van der Waals surface area contributed by atoms with E-state index in [2.05, 4.69) is 0 Å². The molecule has 0 bridgehead atoms. The quantitative estimate of drug-likeness (QED) is 0.753. The number of carboxylic acids is 1. The molecule has 0 radical (unpaired) electrons. The zero-order valence-corrected chi connectivity index (χ0v) is 11.3. The van der Waals surface area contributed by atoms with Crippen LogP contribution < -0.4 is 0 Å². The van der Waals surface area contributed by atoms with Gasteiger partial charge in [-0.05, 0) is 57.3 Å². The molecule has 2 N–H and O–H groups in total. The van der Waals surface area contributed by atoms with E-state index in [9.17, 15) is 15.0 Å². The van der Waals surface area contributed by atoms with Gasteiger partial charge in [-0.3, -0.25) is 0 Å². The Kier molecular flexibility index (Phi) is 3.01. The Labute approximate surface area is 107 Å². The molecule has 4 heteroatoms. The van der Waals surface area contributed by atoms with Gasteiger partial charge in [0.1, 0.15) is 5.76 Å². The first-order chi connectivity index (χ1) is 8.28. The number of carboxylic acid groups (broad SMARTS) is 1. The molecule has 1 aliphatic heterocycles. The van der Waals surface area contributed by atoms with Gasteiger partial charge in [0.25, 0.3) is 0 Å². The molecule has 0 saturated carbocycles. The molecule has 18 heavy (non-hydrogen) atoms. The molecule has 0 spiro atoms. The largest absolute Gasteiger partial charge is 0.508 e. The number of ether oxygens (including phenoxy) is 1. The van der Waals surface area contributed by atoms with Gasteiger partial charge < -0.3 is 14.9 Å². The Hall–Kier alpha value is -1.29. The number of aliphatic hydroxyl groups excluding tert-OH is 1. The minimum Gasteiger partial charge on any atom is -0.508 e. The van der Waals surface area contributed by atoms with Crippen molar-refractivity contribution in [1.82, 2.24) is 0 Å². The first-order valence-corrected chi connectivity index (χ1v) is 6.26. The summed E-state index contributed by atoms with van der Waals surface area (Å²) in [6, 6.07) is 0. The summed E-state index contributed by atoms with van der Waals surface area (Å²) in [4.78, 5) is 11.3. The molecule has 1 fully saturated rings. The zero-order valence-electron chi connectivity index (χ0n) is 11.3. The van der Waals surface area contributed by atoms with Crippen LogP contribution in [-0.2, 0) is 9.53 Å². The SMILES string of the molecule is CC1=C(C)C2OC(C)(C(=O)O)CCC2C(C)=C1O. The zero-order chi connectivity index (χ0) is 13.7. The molecule has 0 aromatic rings. The molecule has 1 heterocycles. The topological polar surface area (TPSA) is 66.8 Å². The second-order valence-electron chi connectivity index (χ2n) is 5.56. The maximum atomic E-state index is 11.3. The third kappa shape index (κ3) is 1.75. The van der Waals surface area contributed by atoms with E-state index in [1.165, 1.54) is 0 Å². The Morgan fingerprint density at radius 3 is 2.50 bits per heavy atom. The second kappa shape index (κ2) is 4.12. The maximum Gasteiger partial charge on any atom is 0.335 e. The highest BCUT2D eigenvalue weighted by Crippen LogP contribution is 2.44. The Morgan fingerprint density at radius 1 is 1.33 bits per heavy atom. The molecule has 100 valence electrons. The Bertz CT molecular complexity index is 460. The van der Waals surface area contributed by atoms with Crippen LogP contribution in [0.1, 0.15) is 40.5 Å². The van der Waals surface area contributed by atoms with Crippen molar-refractivity contribution >= 4 is 5.97 Å². The highest BCUT2D eigenvalue weighted by Gasteiger charge is 2.46. The van der Waals surface area contributed by atoms with Crippen LogP contribution in [0.3, 0.4) is 0 Å². The summed E-state index contributed by atoms with van der Waals surface area (Å²) in [5.41, 5.74) is 1.55. The van der Waals surface area contributed by atoms with E-state index in [1.807, 2.05) is 20.8 Å². The highest BCUT2D eigenvalue weighted by molar-refractivity contribution is 5.77. The van der Waals surface area contributed by atoms with Crippen molar-refractivity contribution in [2.24, 2.45) is 5.92 Å². The summed E-state index contributed by atoms with van der Waals surface area (Å²) >= 11 is 0. The molecule has 0 aromatic heterocycles. The van der Waals surface area contributed by atoms with Crippen LogP contribution in [0.25, 0.3) is 0 Å². The number of rotatable bonds is 1. The van der Waals surface area contributed by atoms with Crippen LogP contribution in [0.15, 0.2) is 22.5 Å². The molecule has 1 saturated heterocycles. The molecule has 0 aromatic carbocycles. The average molecular weight is 252 g/mol. The smallest absolute Gasteiger partial charge is 0.335 e. The van der Waals surface area contributed by atoms with E-state index in [0.717, 1.165) is 23.1 Å². The number of hydrogen-bond donors (Lipinski definition) is 2. The van der Waals surface area contributed by atoms with Crippen LogP contribution >= 0.6 is 0 Å². The minimum absolute atomic E-state index is 0.0983. The molecule has 0 amide bonds. The maximum absolute atomic E-state index is 11.3. The summed E-state index contributed by atoms with van der Waals surface area (Å²) in [5, 5.41) is 19.3. The lowest BCUT2D eigenvalue weighted by Gasteiger charge is -2.44. The third-order valence-electron chi connectivity index (χ3n) is 4.44. The summed E-state index contributed by atoms with van der Waals surface area (Å²) < 4.78 is 5.84. The first kappa shape index (κ1) is 13.1. The Morgan fingerprint density at radius 2 is 1.94 bits per heavy atom. The van der Waals surface area contributed by atoms with Gasteiger partial charge in [0.05, 0.1) is 6.10 Å². The monoisotopic (exact) mass is 252 g/mol. The summed E-state index contributed by atoms with van der Waals surface area (Å²) in [6.45, 7) is 7.28. The van der Waals surface area contributed by atoms with Gasteiger partial charge in [-0.2, -0.15) is 0 Å². The molecule has 2 aliphatic rings. The lowest BCUT2D eigenvalue weighted by molar-refractivity contribution is -0.181. The number of hydrogen-bond acceptors (Lipinski definition) is 3. The lowest BCUT2D eigenvalue weighted by Crippen LogP contribution is -2.50.